The number of likely N-dealkylation sites (N-methyl/N-ethyl adjacent to an activating group) is 1. The molecule has 4 nitrogen and oxygen atoms in total. The Morgan fingerprint density at radius 2 is 1.79 bits per heavy atom. The maximum Gasteiger partial charge on any atom is 0.133 e. The molecule has 4 heteroatoms. The highest BCUT2D eigenvalue weighted by molar-refractivity contribution is 5.80. The number of fused-ring (bicyclic) bond motifs is 1. The third-order valence-electron chi connectivity index (χ3n) is 3.95. The monoisotopic (exact) mass is 321 g/mol. The van der Waals surface area contributed by atoms with Crippen LogP contribution in [0, 0.1) is 0 Å². The Morgan fingerprint density at radius 3 is 2.58 bits per heavy atom. The van der Waals surface area contributed by atoms with E-state index in [1.54, 1.807) is 0 Å². The first kappa shape index (κ1) is 16.3. The zero-order valence-corrected chi connectivity index (χ0v) is 14.4. The van der Waals surface area contributed by atoms with Crippen LogP contribution in [-0.4, -0.2) is 41.7 Å². The van der Waals surface area contributed by atoms with Gasteiger partial charge in [-0.1, -0.05) is 30.3 Å². The van der Waals surface area contributed by atoms with E-state index in [0.717, 1.165) is 34.7 Å². The van der Waals surface area contributed by atoms with Gasteiger partial charge in [0.1, 0.15) is 18.2 Å². The number of aromatic nitrogens is 2. The number of hydrogen-bond donors (Lipinski definition) is 0. The van der Waals surface area contributed by atoms with Crippen LogP contribution in [0.25, 0.3) is 23.2 Å². The fraction of sp³-hybridized carbons (Fsp3) is 0.250. The Bertz CT molecular complexity index is 849. The van der Waals surface area contributed by atoms with Crippen LogP contribution in [0.3, 0.4) is 0 Å². The Labute approximate surface area is 143 Å². The minimum Gasteiger partial charge on any atom is -0.492 e. The maximum absolute atomic E-state index is 5.91. The highest BCUT2D eigenvalue weighted by Crippen LogP contribution is 2.21. The first-order chi connectivity index (χ1) is 11.6. The van der Waals surface area contributed by atoms with Crippen molar-refractivity contribution in [2.45, 2.75) is 0 Å². The van der Waals surface area contributed by atoms with Gasteiger partial charge in [0, 0.05) is 19.2 Å². The molecule has 0 atom stereocenters. The highest BCUT2D eigenvalue weighted by atomic mass is 16.5. The molecule has 0 N–H and O–H groups in total. The lowest BCUT2D eigenvalue weighted by Gasteiger charge is -2.12. The lowest BCUT2D eigenvalue weighted by molar-refractivity contribution is 0.261. The second-order valence-corrected chi connectivity index (χ2v) is 6.04. The maximum atomic E-state index is 5.91. The summed E-state index contributed by atoms with van der Waals surface area (Å²) in [6.45, 7) is 1.56. The van der Waals surface area contributed by atoms with Crippen molar-refractivity contribution in [1.82, 2.24) is 14.5 Å². The van der Waals surface area contributed by atoms with Gasteiger partial charge >= 0.3 is 0 Å². The molecule has 0 unspecified atom stereocenters. The SMILES string of the molecule is CN(C)CCOc1ccccc1/C=C/c1nc2ccccc2n1C. The molecule has 0 saturated heterocycles. The van der Waals surface area contributed by atoms with Crippen LogP contribution < -0.4 is 4.74 Å². The first-order valence-electron chi connectivity index (χ1n) is 8.11. The molecule has 0 spiro atoms. The van der Waals surface area contributed by atoms with Gasteiger partial charge in [0.15, 0.2) is 0 Å². The van der Waals surface area contributed by atoms with Gasteiger partial charge in [-0.3, -0.25) is 0 Å². The number of nitrogens with zero attached hydrogens (tertiary/aromatic N) is 3. The molecule has 3 rings (SSSR count). The van der Waals surface area contributed by atoms with Crippen LogP contribution in [-0.2, 0) is 7.05 Å². The zero-order chi connectivity index (χ0) is 16.9. The molecule has 124 valence electrons. The van der Waals surface area contributed by atoms with Crippen LogP contribution in [0.1, 0.15) is 11.4 Å². The van der Waals surface area contributed by atoms with Crippen LogP contribution in [0.4, 0.5) is 0 Å². The van der Waals surface area contributed by atoms with Gasteiger partial charge in [0.25, 0.3) is 0 Å². The summed E-state index contributed by atoms with van der Waals surface area (Å²) in [7, 11) is 6.12. The van der Waals surface area contributed by atoms with Gasteiger partial charge in [-0.2, -0.15) is 0 Å². The summed E-state index contributed by atoms with van der Waals surface area (Å²) in [6, 6.07) is 16.2. The number of imidazole rings is 1. The molecule has 2 aromatic carbocycles. The number of aryl methyl sites for hydroxylation is 1. The zero-order valence-electron chi connectivity index (χ0n) is 14.4. The molecular weight excluding hydrogens is 298 g/mol. The number of ether oxygens (including phenoxy) is 1. The van der Waals surface area contributed by atoms with E-state index in [4.69, 9.17) is 4.74 Å². The predicted molar refractivity (Wildman–Crippen MR) is 100 cm³/mol. The molecule has 0 radical (unpaired) electrons. The van der Waals surface area contributed by atoms with Gasteiger partial charge in [0.05, 0.1) is 11.0 Å². The van der Waals surface area contributed by atoms with Crippen molar-refractivity contribution in [3.05, 3.63) is 59.9 Å². The van der Waals surface area contributed by atoms with Gasteiger partial charge in [-0.05, 0) is 44.4 Å². The number of para-hydroxylation sites is 3. The normalized spacial score (nSPS) is 11.7. The Kier molecular flexibility index (Phi) is 4.96. The van der Waals surface area contributed by atoms with Crippen LogP contribution >= 0.6 is 0 Å². The molecule has 0 bridgehead atoms. The molecule has 0 saturated carbocycles. The van der Waals surface area contributed by atoms with Crippen molar-refractivity contribution in [3.63, 3.8) is 0 Å². The summed E-state index contributed by atoms with van der Waals surface area (Å²) in [4.78, 5) is 6.78. The van der Waals surface area contributed by atoms with Crippen LogP contribution in [0.15, 0.2) is 48.5 Å². The third kappa shape index (κ3) is 3.66. The fourth-order valence-electron chi connectivity index (χ4n) is 2.57. The van der Waals surface area contributed by atoms with Crippen molar-refractivity contribution in [1.29, 1.82) is 0 Å². The summed E-state index contributed by atoms with van der Waals surface area (Å²) in [6.07, 6.45) is 4.10. The smallest absolute Gasteiger partial charge is 0.133 e. The van der Waals surface area contributed by atoms with Crippen molar-refractivity contribution in [3.8, 4) is 5.75 Å². The van der Waals surface area contributed by atoms with Crippen molar-refractivity contribution < 1.29 is 4.74 Å². The highest BCUT2D eigenvalue weighted by Gasteiger charge is 2.05. The molecule has 3 aromatic rings. The van der Waals surface area contributed by atoms with Crippen molar-refractivity contribution in [2.75, 3.05) is 27.2 Å². The third-order valence-corrected chi connectivity index (χ3v) is 3.95. The number of rotatable bonds is 6. The summed E-state index contributed by atoms with van der Waals surface area (Å²) >= 11 is 0. The van der Waals surface area contributed by atoms with E-state index in [0.29, 0.717) is 6.61 Å². The number of hydrogen-bond acceptors (Lipinski definition) is 3. The van der Waals surface area contributed by atoms with Crippen molar-refractivity contribution in [2.24, 2.45) is 7.05 Å². The number of benzene rings is 2. The van der Waals surface area contributed by atoms with E-state index in [1.807, 2.05) is 63.6 Å². The van der Waals surface area contributed by atoms with Gasteiger partial charge in [-0.15, -0.1) is 0 Å². The fourth-order valence-corrected chi connectivity index (χ4v) is 2.57. The van der Waals surface area contributed by atoms with E-state index >= 15 is 0 Å². The summed E-state index contributed by atoms with van der Waals surface area (Å²) in [5.74, 6) is 1.83. The van der Waals surface area contributed by atoms with E-state index in [1.165, 1.54) is 0 Å². The molecule has 24 heavy (non-hydrogen) atoms. The topological polar surface area (TPSA) is 30.3 Å². The Hall–Kier alpha value is -2.59. The predicted octanol–water partition coefficient (Wildman–Crippen LogP) is 3.68. The Balaban J connectivity index is 1.82. The van der Waals surface area contributed by atoms with E-state index in [2.05, 4.69) is 32.7 Å². The lowest BCUT2D eigenvalue weighted by Crippen LogP contribution is -2.19. The standard InChI is InChI=1S/C20H23N3O/c1-22(2)14-15-24-19-11-7-4-8-16(19)12-13-20-21-17-9-5-6-10-18(17)23(20)3/h4-13H,14-15H2,1-3H3/b13-12+. The van der Waals surface area contributed by atoms with E-state index in [9.17, 15) is 0 Å². The molecular formula is C20H23N3O. The first-order valence-corrected chi connectivity index (χ1v) is 8.11. The van der Waals surface area contributed by atoms with Crippen molar-refractivity contribution >= 4 is 23.2 Å². The summed E-state index contributed by atoms with van der Waals surface area (Å²) in [5.41, 5.74) is 3.20. The Morgan fingerprint density at radius 1 is 1.04 bits per heavy atom. The molecule has 0 aliphatic rings. The molecule has 0 aliphatic heterocycles. The molecule has 0 aliphatic carbocycles. The second kappa shape index (κ2) is 7.32. The van der Waals surface area contributed by atoms with Crippen LogP contribution in [0.5, 0.6) is 5.75 Å². The second-order valence-electron chi connectivity index (χ2n) is 6.04. The van der Waals surface area contributed by atoms with Gasteiger partial charge in [-0.25, -0.2) is 4.98 Å². The van der Waals surface area contributed by atoms with Gasteiger partial charge in [0.2, 0.25) is 0 Å². The van der Waals surface area contributed by atoms with E-state index < -0.39 is 0 Å². The average Bonchev–Trinajstić information content (AvgIpc) is 2.90. The molecule has 0 amide bonds. The summed E-state index contributed by atoms with van der Waals surface area (Å²) < 4.78 is 8.00. The summed E-state index contributed by atoms with van der Waals surface area (Å²) in [5, 5.41) is 0. The molecule has 1 heterocycles. The van der Waals surface area contributed by atoms with Gasteiger partial charge < -0.3 is 14.2 Å². The van der Waals surface area contributed by atoms with Crippen LogP contribution in [0.2, 0.25) is 0 Å². The largest absolute Gasteiger partial charge is 0.492 e. The minimum atomic E-state index is 0.671. The lowest BCUT2D eigenvalue weighted by atomic mass is 10.2. The van der Waals surface area contributed by atoms with E-state index in [-0.39, 0.29) is 0 Å². The molecule has 0 fully saturated rings. The molecule has 1 aromatic heterocycles. The minimum absolute atomic E-state index is 0.671. The average molecular weight is 321 g/mol. The quantitative estimate of drug-likeness (QED) is 0.694.